The van der Waals surface area contributed by atoms with Gasteiger partial charge in [0, 0.05) is 38.0 Å². The van der Waals surface area contributed by atoms with Crippen molar-refractivity contribution in [1.82, 2.24) is 25.1 Å². The number of carbonyl (C=O) groups excluding carboxylic acids is 1. The molecule has 0 unspecified atom stereocenters. The summed E-state index contributed by atoms with van der Waals surface area (Å²) in [5.41, 5.74) is 10.3. The molecule has 178 valence electrons. The van der Waals surface area contributed by atoms with Crippen LogP contribution in [0.4, 0.5) is 17.3 Å². The lowest BCUT2D eigenvalue weighted by atomic mass is 9.73. The third kappa shape index (κ3) is 3.35. The monoisotopic (exact) mass is 462 g/mol. The van der Waals surface area contributed by atoms with Gasteiger partial charge in [0.15, 0.2) is 22.8 Å². The molecule has 34 heavy (non-hydrogen) atoms. The Morgan fingerprint density at radius 1 is 1.24 bits per heavy atom. The third-order valence-corrected chi connectivity index (χ3v) is 7.82. The summed E-state index contributed by atoms with van der Waals surface area (Å²) in [6, 6.07) is 3.83. The number of nitrogens with zero attached hydrogens (tertiary/aromatic N) is 6. The van der Waals surface area contributed by atoms with E-state index in [4.69, 9.17) is 20.4 Å². The van der Waals surface area contributed by atoms with E-state index in [-0.39, 0.29) is 23.3 Å². The molecule has 0 bridgehead atoms. The van der Waals surface area contributed by atoms with Crippen LogP contribution in [0.15, 0.2) is 18.3 Å². The number of hydrogen-bond acceptors (Lipinski definition) is 9. The van der Waals surface area contributed by atoms with E-state index in [2.05, 4.69) is 31.9 Å². The molecule has 3 N–H and O–H groups in total. The van der Waals surface area contributed by atoms with Gasteiger partial charge in [-0.3, -0.25) is 9.89 Å². The lowest BCUT2D eigenvalue weighted by Gasteiger charge is -2.41. The molecule has 3 aromatic rings. The van der Waals surface area contributed by atoms with Crippen molar-refractivity contribution in [2.45, 2.75) is 51.7 Å². The standard InChI is InChI=1S/C24H30N8O2/c1-14(33)16-5-6-18-17(27-16)4-3-9-32(18)23-20-22(29-30-23)28-19(12-26-20)31-10-7-24(8-11-31)13-34-15(2)21(24)25/h5-6,12,15,21H,3-4,7-11,13,25H2,1-2H3,(H,28,29,30)/t15-,21+/m0/s1. The molecule has 0 aliphatic carbocycles. The first kappa shape index (κ1) is 21.4. The van der Waals surface area contributed by atoms with Gasteiger partial charge in [-0.1, -0.05) is 0 Å². The van der Waals surface area contributed by atoms with Crippen molar-refractivity contribution < 1.29 is 9.53 Å². The SMILES string of the molecule is CC(=O)c1ccc2c(n1)CCCN2c1n[nH]c2nc(N3CCC4(CC3)CO[C@@H](C)[C@H]4N)cnc12. The van der Waals surface area contributed by atoms with E-state index in [1.807, 2.05) is 12.3 Å². The Morgan fingerprint density at radius 3 is 2.79 bits per heavy atom. The maximum Gasteiger partial charge on any atom is 0.183 e. The molecule has 10 nitrogen and oxygen atoms in total. The molecule has 2 atom stereocenters. The summed E-state index contributed by atoms with van der Waals surface area (Å²) in [7, 11) is 0. The van der Waals surface area contributed by atoms with E-state index in [9.17, 15) is 4.79 Å². The van der Waals surface area contributed by atoms with Crippen molar-refractivity contribution in [2.75, 3.05) is 36.0 Å². The van der Waals surface area contributed by atoms with Gasteiger partial charge in [-0.2, -0.15) is 5.10 Å². The van der Waals surface area contributed by atoms with Crippen LogP contribution >= 0.6 is 0 Å². The Kier molecular flexibility index (Phi) is 5.03. The maximum atomic E-state index is 11.8. The Bertz CT molecular complexity index is 1250. The molecule has 2 saturated heterocycles. The number of nitrogens with two attached hydrogens (primary N) is 1. The van der Waals surface area contributed by atoms with Gasteiger partial charge in [0.25, 0.3) is 0 Å². The number of aromatic amines is 1. The minimum atomic E-state index is -0.0240. The van der Waals surface area contributed by atoms with Crippen LogP contribution in [0.25, 0.3) is 11.2 Å². The van der Waals surface area contributed by atoms with Crippen LogP contribution in [0.2, 0.25) is 0 Å². The Hall–Kier alpha value is -3.11. The summed E-state index contributed by atoms with van der Waals surface area (Å²) in [6.07, 6.45) is 5.72. The molecule has 0 aromatic carbocycles. The van der Waals surface area contributed by atoms with E-state index in [0.717, 1.165) is 80.5 Å². The topological polar surface area (TPSA) is 126 Å². The summed E-state index contributed by atoms with van der Waals surface area (Å²) >= 11 is 0. The molecule has 6 rings (SSSR count). The van der Waals surface area contributed by atoms with Gasteiger partial charge in [-0.05, 0) is 44.7 Å². The van der Waals surface area contributed by atoms with Crippen molar-refractivity contribution in [3.8, 4) is 0 Å². The normalized spacial score (nSPS) is 24.1. The molecule has 3 aromatic heterocycles. The lowest BCUT2D eigenvalue weighted by Crippen LogP contribution is -2.50. The van der Waals surface area contributed by atoms with E-state index in [1.54, 1.807) is 13.0 Å². The van der Waals surface area contributed by atoms with E-state index in [0.29, 0.717) is 11.3 Å². The van der Waals surface area contributed by atoms with Crippen LogP contribution in [0.5, 0.6) is 0 Å². The molecule has 0 amide bonds. The average Bonchev–Trinajstić information content (AvgIpc) is 3.40. The minimum absolute atomic E-state index is 0.0240. The van der Waals surface area contributed by atoms with Gasteiger partial charge in [0.2, 0.25) is 0 Å². The van der Waals surface area contributed by atoms with Crippen LogP contribution in [-0.4, -0.2) is 69.3 Å². The molecule has 2 fully saturated rings. The van der Waals surface area contributed by atoms with E-state index < -0.39 is 0 Å². The molecule has 6 heterocycles. The number of carbonyl (C=O) groups is 1. The third-order valence-electron chi connectivity index (χ3n) is 7.82. The highest BCUT2D eigenvalue weighted by Crippen LogP contribution is 2.42. The fourth-order valence-electron chi connectivity index (χ4n) is 5.64. The maximum absolute atomic E-state index is 11.8. The molecule has 1 spiro atoms. The van der Waals surface area contributed by atoms with Crippen LogP contribution in [-0.2, 0) is 11.2 Å². The van der Waals surface area contributed by atoms with Crippen molar-refractivity contribution in [3.63, 3.8) is 0 Å². The largest absolute Gasteiger partial charge is 0.376 e. The number of nitrogens with one attached hydrogen (secondary N) is 1. The zero-order valence-electron chi connectivity index (χ0n) is 19.6. The smallest absolute Gasteiger partial charge is 0.183 e. The number of aromatic nitrogens is 5. The van der Waals surface area contributed by atoms with Crippen LogP contribution in [0.3, 0.4) is 0 Å². The van der Waals surface area contributed by atoms with E-state index in [1.165, 1.54) is 0 Å². The van der Waals surface area contributed by atoms with Crippen LogP contribution in [0.1, 0.15) is 49.3 Å². The van der Waals surface area contributed by atoms with Crippen molar-refractivity contribution in [3.05, 3.63) is 29.7 Å². The number of pyridine rings is 1. The second-order valence-corrected chi connectivity index (χ2v) is 9.84. The first-order valence-corrected chi connectivity index (χ1v) is 12.1. The molecule has 10 heteroatoms. The number of anilines is 3. The number of rotatable bonds is 3. The summed E-state index contributed by atoms with van der Waals surface area (Å²) in [6.45, 7) is 6.94. The highest BCUT2D eigenvalue weighted by Gasteiger charge is 2.47. The van der Waals surface area contributed by atoms with Gasteiger partial charge in [0.1, 0.15) is 11.5 Å². The summed E-state index contributed by atoms with van der Waals surface area (Å²) < 4.78 is 5.85. The van der Waals surface area contributed by atoms with Gasteiger partial charge in [0.05, 0.1) is 30.3 Å². The molecule has 0 saturated carbocycles. The number of hydrogen-bond donors (Lipinski definition) is 2. The zero-order chi connectivity index (χ0) is 23.4. The summed E-state index contributed by atoms with van der Waals surface area (Å²) in [5.74, 6) is 1.57. The van der Waals surface area contributed by atoms with E-state index >= 15 is 0 Å². The van der Waals surface area contributed by atoms with Crippen LogP contribution in [0, 0.1) is 5.41 Å². The second-order valence-electron chi connectivity index (χ2n) is 9.84. The quantitative estimate of drug-likeness (QED) is 0.564. The van der Waals surface area contributed by atoms with Gasteiger partial charge < -0.3 is 20.3 Å². The summed E-state index contributed by atoms with van der Waals surface area (Å²) in [5, 5.41) is 7.65. The van der Waals surface area contributed by atoms with Crippen molar-refractivity contribution >= 4 is 34.3 Å². The number of ether oxygens (including phenoxy) is 1. The average molecular weight is 463 g/mol. The first-order chi connectivity index (χ1) is 16.4. The van der Waals surface area contributed by atoms with Gasteiger partial charge >= 0.3 is 0 Å². The predicted molar refractivity (Wildman–Crippen MR) is 129 cm³/mol. The van der Waals surface area contributed by atoms with Gasteiger partial charge in [-0.15, -0.1) is 0 Å². The highest BCUT2D eigenvalue weighted by molar-refractivity contribution is 5.93. The number of Topliss-reactive ketones (excluding diaryl/α,β-unsaturated/α-hetero) is 1. The molecular weight excluding hydrogens is 432 g/mol. The van der Waals surface area contributed by atoms with Gasteiger partial charge in [-0.25, -0.2) is 15.0 Å². The number of piperidine rings is 1. The molecule has 3 aliphatic rings. The fraction of sp³-hybridized carbons (Fsp3) is 0.542. The van der Waals surface area contributed by atoms with Crippen LogP contribution < -0.4 is 15.5 Å². The second kappa shape index (κ2) is 7.99. The fourth-order valence-corrected chi connectivity index (χ4v) is 5.64. The Labute approximate surface area is 197 Å². The number of ketones is 1. The number of H-pyrrole nitrogens is 1. The van der Waals surface area contributed by atoms with Crippen molar-refractivity contribution in [1.29, 1.82) is 0 Å². The Morgan fingerprint density at radius 2 is 2.06 bits per heavy atom. The van der Waals surface area contributed by atoms with Crippen molar-refractivity contribution in [2.24, 2.45) is 11.1 Å². The predicted octanol–water partition coefficient (Wildman–Crippen LogP) is 2.37. The lowest BCUT2D eigenvalue weighted by molar-refractivity contribution is 0.0974. The summed E-state index contributed by atoms with van der Waals surface area (Å²) in [4.78, 5) is 30.3. The number of aryl methyl sites for hydroxylation is 1. The molecule has 0 radical (unpaired) electrons. The number of fused-ring (bicyclic) bond motifs is 2. The minimum Gasteiger partial charge on any atom is -0.376 e. The highest BCUT2D eigenvalue weighted by atomic mass is 16.5. The first-order valence-electron chi connectivity index (χ1n) is 12.1. The Balaban J connectivity index is 1.25. The molecule has 3 aliphatic heterocycles. The molecular formula is C24H30N8O2. The zero-order valence-corrected chi connectivity index (χ0v) is 19.6.